The van der Waals surface area contributed by atoms with Gasteiger partial charge in [-0.1, -0.05) is 20.3 Å². The molecular weight excluding hydrogens is 254 g/mol. The van der Waals surface area contributed by atoms with Crippen LogP contribution < -0.4 is 5.32 Å². The van der Waals surface area contributed by atoms with Crippen LogP contribution in [0.5, 0.6) is 0 Å². The Morgan fingerprint density at radius 1 is 1.35 bits per heavy atom. The molecule has 0 amide bonds. The van der Waals surface area contributed by atoms with E-state index < -0.39 is 0 Å². The third kappa shape index (κ3) is 2.69. The van der Waals surface area contributed by atoms with Gasteiger partial charge in [0.15, 0.2) is 0 Å². The summed E-state index contributed by atoms with van der Waals surface area (Å²) >= 11 is 7.65. The molecule has 0 fully saturated rings. The smallest absolute Gasteiger partial charge is 0.224 e. The van der Waals surface area contributed by atoms with Gasteiger partial charge in [-0.25, -0.2) is 4.98 Å². The Bertz CT molecular complexity index is 510. The van der Waals surface area contributed by atoms with Crippen molar-refractivity contribution in [2.24, 2.45) is 0 Å². The van der Waals surface area contributed by atoms with Gasteiger partial charge in [0.1, 0.15) is 5.82 Å². The van der Waals surface area contributed by atoms with Gasteiger partial charge in [-0.05, 0) is 35.4 Å². The number of unbranched alkanes of at least 4 members (excludes halogenated alkanes) is 1. The van der Waals surface area contributed by atoms with Gasteiger partial charge in [0.25, 0.3) is 0 Å². The summed E-state index contributed by atoms with van der Waals surface area (Å²) in [6.45, 7) is 5.23. The molecule has 17 heavy (non-hydrogen) atoms. The molecule has 2 aromatic rings. The average Bonchev–Trinajstić information content (AvgIpc) is 2.72. The minimum Gasteiger partial charge on any atom is -0.369 e. The molecule has 1 N–H and O–H groups in total. The van der Waals surface area contributed by atoms with Gasteiger partial charge < -0.3 is 5.32 Å². The van der Waals surface area contributed by atoms with Crippen molar-refractivity contribution in [1.29, 1.82) is 0 Å². The van der Waals surface area contributed by atoms with E-state index in [1.807, 2.05) is 0 Å². The Balaban J connectivity index is 2.37. The van der Waals surface area contributed by atoms with E-state index in [1.54, 1.807) is 11.3 Å². The molecule has 0 aliphatic rings. The Labute approximate surface area is 110 Å². The second-order valence-corrected chi connectivity index (χ2v) is 5.13. The monoisotopic (exact) mass is 269 g/mol. The van der Waals surface area contributed by atoms with Gasteiger partial charge in [0.05, 0.1) is 10.2 Å². The minimum atomic E-state index is 0.324. The Hall–Kier alpha value is -0.870. The summed E-state index contributed by atoms with van der Waals surface area (Å²) in [7, 11) is 0. The zero-order chi connectivity index (χ0) is 12.3. The van der Waals surface area contributed by atoms with Crippen LogP contribution in [0.2, 0.25) is 5.28 Å². The number of fused-ring (bicyclic) bond motifs is 1. The number of halogens is 1. The van der Waals surface area contributed by atoms with E-state index >= 15 is 0 Å². The van der Waals surface area contributed by atoms with Crippen LogP contribution >= 0.6 is 22.9 Å². The fraction of sp³-hybridized carbons (Fsp3) is 0.500. The molecule has 0 spiro atoms. The van der Waals surface area contributed by atoms with E-state index in [-0.39, 0.29) is 0 Å². The average molecular weight is 270 g/mol. The van der Waals surface area contributed by atoms with Crippen molar-refractivity contribution in [2.45, 2.75) is 33.1 Å². The molecule has 0 atom stereocenters. The number of nitrogens with zero attached hydrogens (tertiary/aromatic N) is 2. The molecule has 2 aromatic heterocycles. The van der Waals surface area contributed by atoms with Crippen LogP contribution in [-0.2, 0) is 6.42 Å². The number of hydrogen-bond donors (Lipinski definition) is 1. The van der Waals surface area contributed by atoms with Crippen LogP contribution in [-0.4, -0.2) is 16.5 Å². The predicted octanol–water partition coefficient (Wildman–Crippen LogP) is 4.12. The summed E-state index contributed by atoms with van der Waals surface area (Å²) in [5, 5.41) is 5.80. The number of aromatic nitrogens is 2. The lowest BCUT2D eigenvalue weighted by Crippen LogP contribution is -2.03. The Morgan fingerprint density at radius 2 is 2.18 bits per heavy atom. The van der Waals surface area contributed by atoms with Gasteiger partial charge in [-0.15, -0.1) is 11.3 Å². The topological polar surface area (TPSA) is 37.8 Å². The minimum absolute atomic E-state index is 0.324. The molecule has 0 aliphatic carbocycles. The second kappa shape index (κ2) is 5.65. The zero-order valence-corrected chi connectivity index (χ0v) is 11.7. The quantitative estimate of drug-likeness (QED) is 0.655. The van der Waals surface area contributed by atoms with Crippen LogP contribution in [0.25, 0.3) is 10.2 Å². The molecule has 5 heteroatoms. The summed E-state index contributed by atoms with van der Waals surface area (Å²) in [6.07, 6.45) is 3.27. The first kappa shape index (κ1) is 12.6. The van der Waals surface area contributed by atoms with Gasteiger partial charge in [0, 0.05) is 6.54 Å². The number of hydrogen-bond acceptors (Lipinski definition) is 4. The molecule has 2 rings (SSSR count). The van der Waals surface area contributed by atoms with E-state index in [0.717, 1.165) is 35.4 Å². The van der Waals surface area contributed by atoms with Crippen molar-refractivity contribution in [1.82, 2.24) is 9.97 Å². The number of rotatable bonds is 5. The molecule has 0 aliphatic heterocycles. The molecule has 0 saturated heterocycles. The number of nitrogens with one attached hydrogen (secondary N) is 1. The maximum absolute atomic E-state index is 5.96. The summed E-state index contributed by atoms with van der Waals surface area (Å²) in [5.74, 6) is 0.873. The lowest BCUT2D eigenvalue weighted by atomic mass is 10.2. The molecule has 92 valence electrons. The third-order valence-electron chi connectivity index (χ3n) is 2.67. The van der Waals surface area contributed by atoms with Crippen LogP contribution in [0.15, 0.2) is 5.38 Å². The van der Waals surface area contributed by atoms with Crippen molar-refractivity contribution in [2.75, 3.05) is 11.9 Å². The fourth-order valence-corrected chi connectivity index (χ4v) is 2.92. The molecular formula is C12H16ClN3S. The zero-order valence-electron chi connectivity index (χ0n) is 10.1. The van der Waals surface area contributed by atoms with E-state index in [9.17, 15) is 0 Å². The maximum atomic E-state index is 5.96. The highest BCUT2D eigenvalue weighted by Crippen LogP contribution is 2.31. The highest BCUT2D eigenvalue weighted by Gasteiger charge is 2.11. The van der Waals surface area contributed by atoms with Crippen LogP contribution in [0.4, 0.5) is 5.82 Å². The van der Waals surface area contributed by atoms with Crippen molar-refractivity contribution in [3.05, 3.63) is 16.2 Å². The van der Waals surface area contributed by atoms with Crippen molar-refractivity contribution < 1.29 is 0 Å². The van der Waals surface area contributed by atoms with E-state index in [2.05, 4.69) is 34.5 Å². The summed E-state index contributed by atoms with van der Waals surface area (Å²) in [4.78, 5) is 8.59. The Morgan fingerprint density at radius 3 is 2.88 bits per heavy atom. The lowest BCUT2D eigenvalue weighted by molar-refractivity contribution is 0.832. The van der Waals surface area contributed by atoms with Crippen LogP contribution in [0.3, 0.4) is 0 Å². The first-order valence-corrected chi connectivity index (χ1v) is 7.19. The predicted molar refractivity (Wildman–Crippen MR) is 75.2 cm³/mol. The summed E-state index contributed by atoms with van der Waals surface area (Å²) in [5.41, 5.74) is 2.24. The molecule has 0 saturated carbocycles. The molecule has 0 aromatic carbocycles. The fourth-order valence-electron chi connectivity index (χ4n) is 1.69. The number of anilines is 1. The highest BCUT2D eigenvalue weighted by atomic mass is 35.5. The first-order valence-electron chi connectivity index (χ1n) is 5.93. The van der Waals surface area contributed by atoms with Crippen molar-refractivity contribution in [3.8, 4) is 0 Å². The molecule has 0 radical (unpaired) electrons. The summed E-state index contributed by atoms with van der Waals surface area (Å²) in [6, 6.07) is 0. The lowest BCUT2D eigenvalue weighted by Gasteiger charge is -2.06. The van der Waals surface area contributed by atoms with E-state index in [0.29, 0.717) is 5.28 Å². The van der Waals surface area contributed by atoms with Crippen molar-refractivity contribution in [3.63, 3.8) is 0 Å². The third-order valence-corrected chi connectivity index (χ3v) is 3.86. The largest absolute Gasteiger partial charge is 0.369 e. The van der Waals surface area contributed by atoms with Gasteiger partial charge in [-0.2, -0.15) is 4.98 Å². The van der Waals surface area contributed by atoms with Crippen LogP contribution in [0.1, 0.15) is 32.3 Å². The number of aryl methyl sites for hydroxylation is 1. The molecule has 3 nitrogen and oxygen atoms in total. The normalized spacial score (nSPS) is 11.0. The Kier molecular flexibility index (Phi) is 4.18. The number of thiophene rings is 1. The van der Waals surface area contributed by atoms with Gasteiger partial charge in [-0.3, -0.25) is 0 Å². The van der Waals surface area contributed by atoms with Gasteiger partial charge in [0.2, 0.25) is 5.28 Å². The van der Waals surface area contributed by atoms with E-state index in [1.165, 1.54) is 12.0 Å². The molecule has 0 bridgehead atoms. The van der Waals surface area contributed by atoms with Gasteiger partial charge >= 0.3 is 0 Å². The van der Waals surface area contributed by atoms with Crippen molar-refractivity contribution >= 4 is 39.0 Å². The molecule has 0 unspecified atom stereocenters. The SMILES string of the molecule is CCCCNc1nc(Cl)nc2c(CC)csc12. The second-order valence-electron chi connectivity index (χ2n) is 3.91. The summed E-state index contributed by atoms with van der Waals surface area (Å²) < 4.78 is 1.11. The maximum Gasteiger partial charge on any atom is 0.224 e. The first-order chi connectivity index (χ1) is 8.26. The standard InChI is InChI=1S/C12H16ClN3S/c1-3-5-6-14-11-10-9(15-12(13)16-11)8(4-2)7-17-10/h7H,3-6H2,1-2H3,(H,14,15,16). The highest BCUT2D eigenvalue weighted by molar-refractivity contribution is 7.18. The van der Waals surface area contributed by atoms with Crippen LogP contribution in [0, 0.1) is 0 Å². The van der Waals surface area contributed by atoms with E-state index in [4.69, 9.17) is 11.6 Å². The molecule has 2 heterocycles.